The first-order valence-corrected chi connectivity index (χ1v) is 9.27. The zero-order valence-corrected chi connectivity index (χ0v) is 15.8. The Balaban J connectivity index is 0.00000208. The van der Waals surface area contributed by atoms with Crippen molar-refractivity contribution >= 4 is 33.3 Å². The van der Waals surface area contributed by atoms with E-state index in [4.69, 9.17) is 5.73 Å². The molecular formula is C17H24ClN3O2S. The number of pyridine rings is 1. The van der Waals surface area contributed by atoms with Crippen molar-refractivity contribution in [3.8, 4) is 0 Å². The summed E-state index contributed by atoms with van der Waals surface area (Å²) >= 11 is 0. The molecule has 0 radical (unpaired) electrons. The topological polar surface area (TPSA) is 76.3 Å². The van der Waals surface area contributed by atoms with Gasteiger partial charge in [-0.3, -0.25) is 4.98 Å². The Labute approximate surface area is 149 Å². The Morgan fingerprint density at radius 3 is 2.67 bits per heavy atom. The maximum atomic E-state index is 13.3. The van der Waals surface area contributed by atoms with Crippen molar-refractivity contribution in [3.63, 3.8) is 0 Å². The first kappa shape index (κ1) is 19.1. The fourth-order valence-electron chi connectivity index (χ4n) is 3.20. The molecule has 0 saturated carbocycles. The van der Waals surface area contributed by atoms with Crippen LogP contribution in [0.2, 0.25) is 0 Å². The lowest BCUT2D eigenvalue weighted by atomic mass is 9.81. The summed E-state index contributed by atoms with van der Waals surface area (Å²) in [6.07, 6.45) is 2.31. The van der Waals surface area contributed by atoms with Gasteiger partial charge in [0.15, 0.2) is 0 Å². The number of sulfonamides is 1. The van der Waals surface area contributed by atoms with E-state index in [9.17, 15) is 8.42 Å². The number of fused-ring (bicyclic) bond motifs is 1. The Hall–Kier alpha value is -1.21. The number of rotatable bonds is 2. The summed E-state index contributed by atoms with van der Waals surface area (Å²) in [7, 11) is -3.60. The van der Waals surface area contributed by atoms with Crippen molar-refractivity contribution in [1.82, 2.24) is 9.29 Å². The van der Waals surface area contributed by atoms with Crippen LogP contribution in [-0.4, -0.2) is 36.8 Å². The second-order valence-corrected chi connectivity index (χ2v) is 8.88. The van der Waals surface area contributed by atoms with Crippen molar-refractivity contribution in [3.05, 3.63) is 36.0 Å². The predicted octanol–water partition coefficient (Wildman–Crippen LogP) is 2.71. The first-order chi connectivity index (χ1) is 10.7. The maximum absolute atomic E-state index is 13.3. The zero-order chi connectivity index (χ0) is 16.8. The second-order valence-electron chi connectivity index (χ2n) is 7.01. The van der Waals surface area contributed by atoms with Crippen LogP contribution in [0.4, 0.5) is 0 Å². The van der Waals surface area contributed by atoms with Gasteiger partial charge in [-0.25, -0.2) is 8.42 Å². The summed E-state index contributed by atoms with van der Waals surface area (Å²) < 4.78 is 28.1. The van der Waals surface area contributed by atoms with Gasteiger partial charge in [0.2, 0.25) is 10.0 Å². The van der Waals surface area contributed by atoms with Crippen molar-refractivity contribution < 1.29 is 8.42 Å². The fraction of sp³-hybridized carbons (Fsp3) is 0.471. The highest BCUT2D eigenvalue weighted by atomic mass is 35.5. The van der Waals surface area contributed by atoms with Gasteiger partial charge in [-0.15, -0.1) is 12.4 Å². The quantitative estimate of drug-likeness (QED) is 0.882. The van der Waals surface area contributed by atoms with Crippen molar-refractivity contribution in [2.45, 2.75) is 38.1 Å². The van der Waals surface area contributed by atoms with E-state index in [2.05, 4.69) is 4.98 Å². The molecule has 0 amide bonds. The van der Waals surface area contributed by atoms with Crippen LogP contribution in [0.5, 0.6) is 0 Å². The summed E-state index contributed by atoms with van der Waals surface area (Å²) in [6.45, 7) is 6.75. The van der Waals surface area contributed by atoms with Crippen LogP contribution in [0.25, 0.3) is 10.9 Å². The lowest BCUT2D eigenvalue weighted by Gasteiger charge is -2.41. The monoisotopic (exact) mass is 369 g/mol. The Morgan fingerprint density at radius 1 is 1.29 bits per heavy atom. The predicted molar refractivity (Wildman–Crippen MR) is 98.9 cm³/mol. The minimum atomic E-state index is -3.60. The van der Waals surface area contributed by atoms with Crippen LogP contribution >= 0.6 is 12.4 Å². The maximum Gasteiger partial charge on any atom is 0.245 e. The standard InChI is InChI=1S/C17H23N3O2S.ClH/c1-12-6-7-13-5-4-9-19-15(13)16(12)23(21,22)20-10-8-14(18)17(2,3)11-20;/h4-7,9,14H,8,10-11,18H2,1-3H3;1H. The lowest BCUT2D eigenvalue weighted by Crippen LogP contribution is -2.53. The Bertz CT molecular complexity index is 852. The number of nitrogens with two attached hydrogens (primary N) is 1. The van der Waals surface area contributed by atoms with Crippen LogP contribution in [0.3, 0.4) is 0 Å². The molecule has 1 fully saturated rings. The second kappa shape index (κ2) is 6.59. The van der Waals surface area contributed by atoms with E-state index in [0.717, 1.165) is 10.9 Å². The number of halogens is 1. The molecule has 1 aromatic carbocycles. The van der Waals surface area contributed by atoms with Crippen LogP contribution in [0.1, 0.15) is 25.8 Å². The number of nitrogens with zero attached hydrogens (tertiary/aromatic N) is 2. The highest BCUT2D eigenvalue weighted by molar-refractivity contribution is 7.89. The van der Waals surface area contributed by atoms with Crippen LogP contribution in [0, 0.1) is 12.3 Å². The molecule has 0 bridgehead atoms. The minimum absolute atomic E-state index is 0. The number of aromatic nitrogens is 1. The van der Waals surface area contributed by atoms with Crippen molar-refractivity contribution in [1.29, 1.82) is 0 Å². The van der Waals surface area contributed by atoms with Crippen LogP contribution in [0.15, 0.2) is 35.4 Å². The van der Waals surface area contributed by atoms with E-state index in [0.29, 0.717) is 29.9 Å². The summed E-state index contributed by atoms with van der Waals surface area (Å²) in [6, 6.07) is 7.47. The summed E-state index contributed by atoms with van der Waals surface area (Å²) in [5, 5.41) is 0.838. The number of aryl methyl sites for hydroxylation is 1. The summed E-state index contributed by atoms with van der Waals surface area (Å²) in [5.41, 5.74) is 7.17. The third-order valence-corrected chi connectivity index (χ3v) is 6.82. The average Bonchev–Trinajstić information content (AvgIpc) is 2.49. The van der Waals surface area contributed by atoms with Crippen molar-refractivity contribution in [2.75, 3.05) is 13.1 Å². The molecule has 1 atom stereocenters. The molecule has 0 spiro atoms. The molecule has 1 unspecified atom stereocenters. The molecule has 2 N–H and O–H groups in total. The molecule has 1 saturated heterocycles. The van der Waals surface area contributed by atoms with E-state index in [1.54, 1.807) is 10.5 Å². The molecule has 5 nitrogen and oxygen atoms in total. The largest absolute Gasteiger partial charge is 0.327 e. The van der Waals surface area contributed by atoms with Gasteiger partial charge >= 0.3 is 0 Å². The smallest absolute Gasteiger partial charge is 0.245 e. The van der Waals surface area contributed by atoms with Crippen LogP contribution in [-0.2, 0) is 10.0 Å². The number of hydrogen-bond donors (Lipinski definition) is 1. The molecular weight excluding hydrogens is 346 g/mol. The van der Waals surface area contributed by atoms with Gasteiger partial charge in [0.05, 0.1) is 5.52 Å². The molecule has 132 valence electrons. The Kier molecular flexibility index (Phi) is 5.25. The molecule has 1 aliphatic heterocycles. The average molecular weight is 370 g/mol. The molecule has 24 heavy (non-hydrogen) atoms. The van der Waals surface area contributed by atoms with Crippen LogP contribution < -0.4 is 5.73 Å². The molecule has 7 heteroatoms. The van der Waals surface area contributed by atoms with E-state index in [-0.39, 0.29) is 23.9 Å². The van der Waals surface area contributed by atoms with E-state index >= 15 is 0 Å². The number of benzene rings is 1. The van der Waals surface area contributed by atoms with Gasteiger partial charge in [0, 0.05) is 30.7 Å². The highest BCUT2D eigenvalue weighted by Crippen LogP contribution is 2.34. The normalized spacial score (nSPS) is 21.4. The van der Waals surface area contributed by atoms with Gasteiger partial charge in [-0.05, 0) is 30.4 Å². The van der Waals surface area contributed by atoms with Gasteiger partial charge in [-0.1, -0.05) is 32.0 Å². The lowest BCUT2D eigenvalue weighted by molar-refractivity contribution is 0.155. The Morgan fingerprint density at radius 2 is 2.00 bits per heavy atom. The SMILES string of the molecule is Cc1ccc2cccnc2c1S(=O)(=O)N1CCC(N)C(C)(C)C1.Cl. The van der Waals surface area contributed by atoms with Gasteiger partial charge in [-0.2, -0.15) is 4.31 Å². The van der Waals surface area contributed by atoms with Crippen molar-refractivity contribution in [2.24, 2.45) is 11.1 Å². The highest BCUT2D eigenvalue weighted by Gasteiger charge is 2.39. The molecule has 2 heterocycles. The number of hydrogen-bond acceptors (Lipinski definition) is 4. The minimum Gasteiger partial charge on any atom is -0.327 e. The van der Waals surface area contributed by atoms with Gasteiger partial charge in [0.1, 0.15) is 4.90 Å². The van der Waals surface area contributed by atoms with E-state index in [1.165, 1.54) is 0 Å². The molecule has 1 aromatic heterocycles. The summed E-state index contributed by atoms with van der Waals surface area (Å²) in [5.74, 6) is 0. The van der Waals surface area contributed by atoms with Gasteiger partial charge < -0.3 is 5.73 Å². The number of piperidine rings is 1. The van der Waals surface area contributed by atoms with E-state index < -0.39 is 10.0 Å². The third kappa shape index (κ3) is 3.16. The molecule has 2 aromatic rings. The third-order valence-electron chi connectivity index (χ3n) is 4.80. The fourth-order valence-corrected chi connectivity index (χ4v) is 5.20. The molecule has 0 aliphatic carbocycles. The van der Waals surface area contributed by atoms with E-state index in [1.807, 2.05) is 45.0 Å². The molecule has 1 aliphatic rings. The first-order valence-electron chi connectivity index (χ1n) is 7.83. The summed E-state index contributed by atoms with van der Waals surface area (Å²) in [4.78, 5) is 4.65. The van der Waals surface area contributed by atoms with Gasteiger partial charge in [0.25, 0.3) is 0 Å². The zero-order valence-electron chi connectivity index (χ0n) is 14.2. The molecule has 3 rings (SSSR count).